The van der Waals surface area contributed by atoms with Crippen LogP contribution in [0.5, 0.6) is 5.75 Å². The highest BCUT2D eigenvalue weighted by atomic mass is 79.9. The van der Waals surface area contributed by atoms with E-state index in [0.29, 0.717) is 15.2 Å². The van der Waals surface area contributed by atoms with E-state index in [1.54, 1.807) is 10.9 Å². The molecule has 2 aliphatic heterocycles. The summed E-state index contributed by atoms with van der Waals surface area (Å²) in [6.07, 6.45) is 1.88. The maximum absolute atomic E-state index is 15.0. The molecule has 2 aromatic heterocycles. The minimum absolute atomic E-state index is 0.0369. The molecule has 2 fully saturated rings. The largest absolute Gasteiger partial charge is 0.491 e. The molecular weight excluding hydrogens is 794 g/mol. The molecule has 2 saturated heterocycles. The van der Waals surface area contributed by atoms with E-state index in [1.807, 2.05) is 50.2 Å². The van der Waals surface area contributed by atoms with Crippen LogP contribution in [0.4, 0.5) is 20.2 Å². The van der Waals surface area contributed by atoms with Gasteiger partial charge in [-0.25, -0.2) is 27.5 Å². The van der Waals surface area contributed by atoms with Crippen molar-refractivity contribution in [1.82, 2.24) is 29.1 Å². The molecule has 0 aliphatic carbocycles. The lowest BCUT2D eigenvalue weighted by atomic mass is 10.0. The second-order valence-electron chi connectivity index (χ2n) is 12.5. The van der Waals surface area contributed by atoms with Crippen molar-refractivity contribution in [2.75, 3.05) is 49.2 Å². The molecule has 4 heterocycles. The third-order valence-corrected chi connectivity index (χ3v) is 10.2. The van der Waals surface area contributed by atoms with Crippen LogP contribution in [0.1, 0.15) is 31.9 Å². The van der Waals surface area contributed by atoms with Gasteiger partial charge in [0.25, 0.3) is 0 Å². The molecule has 0 radical (unpaired) electrons. The van der Waals surface area contributed by atoms with Crippen molar-refractivity contribution in [3.8, 4) is 11.4 Å². The number of aromatic nitrogens is 6. The van der Waals surface area contributed by atoms with E-state index in [4.69, 9.17) is 14.2 Å². The SMILES string of the molecule is CCC(C)n1ncn(-c2ccc(N3CCN(c4ccc(OC[C@@H]5CO[C@@](Cn6nc(Br)nc6Br)(c6ccc(F)cc6F)O5)cc4)CC3)cc2)c1=O. The normalized spacial score (nSPS) is 19.8. The Kier molecular flexibility index (Phi) is 10.3. The number of halogens is 4. The molecule has 0 N–H and O–H groups in total. The van der Waals surface area contributed by atoms with Crippen LogP contribution in [-0.2, 0) is 21.8 Å². The molecule has 0 saturated carbocycles. The second kappa shape index (κ2) is 14.9. The van der Waals surface area contributed by atoms with Crippen LogP contribution >= 0.6 is 31.9 Å². The average molecular weight is 831 g/mol. The van der Waals surface area contributed by atoms with E-state index < -0.39 is 23.5 Å². The number of hydrogen-bond acceptors (Lipinski definition) is 9. The van der Waals surface area contributed by atoms with Crippen LogP contribution < -0.4 is 20.2 Å². The number of hydrogen-bond donors (Lipinski definition) is 0. The zero-order chi connectivity index (χ0) is 35.7. The first-order chi connectivity index (χ1) is 24.6. The van der Waals surface area contributed by atoms with Crippen molar-refractivity contribution in [2.45, 2.75) is 44.7 Å². The summed E-state index contributed by atoms with van der Waals surface area (Å²) in [5.74, 6) is -2.41. The molecule has 12 nitrogen and oxygen atoms in total. The number of anilines is 2. The third kappa shape index (κ3) is 7.45. The first-order valence-corrected chi connectivity index (χ1v) is 18.2. The van der Waals surface area contributed by atoms with Crippen LogP contribution in [0.15, 0.2) is 87.3 Å². The van der Waals surface area contributed by atoms with Crippen LogP contribution in [0.2, 0.25) is 0 Å². The highest BCUT2D eigenvalue weighted by molar-refractivity contribution is 9.11. The quantitative estimate of drug-likeness (QED) is 0.157. The van der Waals surface area contributed by atoms with Gasteiger partial charge in [-0.2, -0.15) is 10.1 Å². The Balaban J connectivity index is 0.937. The molecule has 7 rings (SSSR count). The van der Waals surface area contributed by atoms with Crippen molar-refractivity contribution in [3.63, 3.8) is 0 Å². The Hall–Kier alpha value is -4.12. The first kappa shape index (κ1) is 35.3. The monoisotopic (exact) mass is 828 g/mol. The molecule has 5 aromatic rings. The summed E-state index contributed by atoms with van der Waals surface area (Å²) < 4.78 is 52.5. The fraction of sp³-hybridized carbons (Fsp3) is 0.371. The van der Waals surface area contributed by atoms with Gasteiger partial charge >= 0.3 is 5.69 Å². The predicted molar refractivity (Wildman–Crippen MR) is 193 cm³/mol. The minimum atomic E-state index is -1.58. The summed E-state index contributed by atoms with van der Waals surface area (Å²) >= 11 is 6.58. The molecule has 51 heavy (non-hydrogen) atoms. The van der Waals surface area contributed by atoms with Crippen LogP contribution in [0.25, 0.3) is 5.69 Å². The molecule has 0 bridgehead atoms. The van der Waals surface area contributed by atoms with Crippen molar-refractivity contribution in [1.29, 1.82) is 0 Å². The molecule has 1 unspecified atom stereocenters. The molecule has 16 heteroatoms. The van der Waals surface area contributed by atoms with Crippen molar-refractivity contribution in [3.05, 3.63) is 110 Å². The summed E-state index contributed by atoms with van der Waals surface area (Å²) in [6.45, 7) is 7.64. The van der Waals surface area contributed by atoms with Gasteiger partial charge in [0.1, 0.15) is 43.0 Å². The summed E-state index contributed by atoms with van der Waals surface area (Å²) in [5.41, 5.74) is 2.90. The van der Waals surface area contributed by atoms with E-state index in [9.17, 15) is 9.18 Å². The molecule has 3 atom stereocenters. The van der Waals surface area contributed by atoms with Crippen molar-refractivity contribution >= 4 is 43.2 Å². The lowest BCUT2D eigenvalue weighted by molar-refractivity contribution is -0.193. The van der Waals surface area contributed by atoms with Crippen molar-refractivity contribution < 1.29 is 23.0 Å². The molecule has 0 amide bonds. The molecule has 0 spiro atoms. The second-order valence-corrected chi connectivity index (χ2v) is 13.9. The average Bonchev–Trinajstić information content (AvgIpc) is 3.83. The maximum Gasteiger partial charge on any atom is 0.350 e. The van der Waals surface area contributed by atoms with Crippen LogP contribution in [0.3, 0.4) is 0 Å². The maximum atomic E-state index is 15.0. The highest BCUT2D eigenvalue weighted by Gasteiger charge is 2.46. The number of piperazine rings is 1. The standard InChI is InChI=1S/C35H36Br2F2N8O4/c1-3-23(2)47-34(48)45(22-40-47)27-7-5-25(6-8-27)43-14-16-44(17-15-43)26-9-11-28(12-10-26)49-19-29-20-50-35(51-29,21-46-33(37)41-32(36)42-46)30-13-4-24(38)18-31(30)39/h4-13,18,22-23,29H,3,14-17,19-21H2,1-2H3/t23?,29-,35-/m1/s1. The van der Waals surface area contributed by atoms with Gasteiger partial charge in [0.05, 0.1) is 18.3 Å². The summed E-state index contributed by atoms with van der Waals surface area (Å²) in [6, 6.07) is 19.2. The number of benzene rings is 3. The van der Waals surface area contributed by atoms with Crippen LogP contribution in [-0.4, -0.2) is 74.6 Å². The molecule has 2 aliphatic rings. The Bertz CT molecular complexity index is 2030. The Morgan fingerprint density at radius 2 is 1.61 bits per heavy atom. The third-order valence-electron chi connectivity index (χ3n) is 9.27. The van der Waals surface area contributed by atoms with E-state index in [2.05, 4.69) is 69.0 Å². The predicted octanol–water partition coefficient (Wildman–Crippen LogP) is 6.07. The lowest BCUT2D eigenvalue weighted by Gasteiger charge is -2.37. The van der Waals surface area contributed by atoms with E-state index in [-0.39, 0.29) is 37.1 Å². The van der Waals surface area contributed by atoms with Gasteiger partial charge in [-0.3, -0.25) is 0 Å². The number of nitrogens with zero attached hydrogens (tertiary/aromatic N) is 8. The zero-order valence-electron chi connectivity index (χ0n) is 28.0. The van der Waals surface area contributed by atoms with Crippen LogP contribution in [0, 0.1) is 11.6 Å². The summed E-state index contributed by atoms with van der Waals surface area (Å²) in [4.78, 5) is 21.6. The van der Waals surface area contributed by atoms with Gasteiger partial charge in [0.2, 0.25) is 10.5 Å². The molecule has 3 aromatic carbocycles. The minimum Gasteiger partial charge on any atom is -0.491 e. The smallest absolute Gasteiger partial charge is 0.350 e. The zero-order valence-corrected chi connectivity index (χ0v) is 31.1. The lowest BCUT2D eigenvalue weighted by Crippen LogP contribution is -2.46. The van der Waals surface area contributed by atoms with Gasteiger partial charge in [0, 0.05) is 49.2 Å². The van der Waals surface area contributed by atoms with E-state index in [1.165, 1.54) is 15.4 Å². The summed E-state index contributed by atoms with van der Waals surface area (Å²) in [7, 11) is 0. The Morgan fingerprint density at radius 3 is 2.22 bits per heavy atom. The van der Waals surface area contributed by atoms with Gasteiger partial charge < -0.3 is 24.0 Å². The highest BCUT2D eigenvalue weighted by Crippen LogP contribution is 2.38. The van der Waals surface area contributed by atoms with Gasteiger partial charge in [-0.15, -0.1) is 5.10 Å². The number of ether oxygens (including phenoxy) is 3. The molecule has 268 valence electrons. The fourth-order valence-electron chi connectivity index (χ4n) is 6.31. The number of rotatable bonds is 11. The molecular formula is C35H36Br2F2N8O4. The topological polar surface area (TPSA) is 105 Å². The van der Waals surface area contributed by atoms with Gasteiger partial charge in [-0.1, -0.05) is 6.92 Å². The van der Waals surface area contributed by atoms with E-state index in [0.717, 1.165) is 61.8 Å². The van der Waals surface area contributed by atoms with E-state index >= 15 is 4.39 Å². The van der Waals surface area contributed by atoms with Gasteiger partial charge in [0.15, 0.2) is 4.73 Å². The first-order valence-electron chi connectivity index (χ1n) is 16.6. The fourth-order valence-corrected chi connectivity index (χ4v) is 7.28. The van der Waals surface area contributed by atoms with Crippen molar-refractivity contribution in [2.24, 2.45) is 0 Å². The van der Waals surface area contributed by atoms with Gasteiger partial charge in [-0.05, 0) is 106 Å². The summed E-state index contributed by atoms with van der Waals surface area (Å²) in [5, 5.41) is 8.55. The Morgan fingerprint density at radius 1 is 0.961 bits per heavy atom. The Labute approximate surface area is 309 Å².